The molecule has 0 aromatic heterocycles. The third-order valence-corrected chi connectivity index (χ3v) is 4.47. The van der Waals surface area contributed by atoms with Crippen molar-refractivity contribution in [3.63, 3.8) is 0 Å². The first-order chi connectivity index (χ1) is 11.7. The number of ether oxygens (including phenoxy) is 2. The molecular weight excluding hydrogens is 308 g/mol. The number of rotatable bonds is 14. The van der Waals surface area contributed by atoms with Crippen LogP contribution in [0.15, 0.2) is 12.2 Å². The summed E-state index contributed by atoms with van der Waals surface area (Å²) >= 11 is 0. The Bertz CT molecular complexity index is 321. The summed E-state index contributed by atoms with van der Waals surface area (Å²) in [5.74, 6) is 0. The zero-order valence-electron chi connectivity index (χ0n) is 15.1. The lowest BCUT2D eigenvalue weighted by Gasteiger charge is -2.20. The SMILES string of the molecule is CCCCC/C=C/CCCCCCO[C@H]1CO[C@@H]([C@H](O)CO)[C@H]1O. The van der Waals surface area contributed by atoms with Crippen molar-refractivity contribution < 1.29 is 24.8 Å². The van der Waals surface area contributed by atoms with E-state index in [1.54, 1.807) is 0 Å². The Morgan fingerprint density at radius 2 is 1.75 bits per heavy atom. The molecule has 4 atom stereocenters. The average molecular weight is 344 g/mol. The topological polar surface area (TPSA) is 79.2 Å². The minimum atomic E-state index is -1.05. The van der Waals surface area contributed by atoms with E-state index in [0.29, 0.717) is 6.61 Å². The van der Waals surface area contributed by atoms with Crippen LogP contribution in [0.5, 0.6) is 0 Å². The number of allylic oxidation sites excluding steroid dienone is 2. The maximum absolute atomic E-state index is 10.00. The van der Waals surface area contributed by atoms with Crippen LogP contribution in [0.3, 0.4) is 0 Å². The molecule has 24 heavy (non-hydrogen) atoms. The van der Waals surface area contributed by atoms with Gasteiger partial charge in [-0.25, -0.2) is 0 Å². The highest BCUT2D eigenvalue weighted by Crippen LogP contribution is 2.20. The van der Waals surface area contributed by atoms with Gasteiger partial charge in [-0.15, -0.1) is 0 Å². The molecule has 5 heteroatoms. The molecule has 1 fully saturated rings. The quantitative estimate of drug-likeness (QED) is 0.333. The largest absolute Gasteiger partial charge is 0.394 e. The average Bonchev–Trinajstić information content (AvgIpc) is 2.96. The van der Waals surface area contributed by atoms with Gasteiger partial charge in [0.1, 0.15) is 24.4 Å². The summed E-state index contributed by atoms with van der Waals surface area (Å²) in [7, 11) is 0. The molecule has 1 heterocycles. The molecule has 142 valence electrons. The fraction of sp³-hybridized carbons (Fsp3) is 0.895. The van der Waals surface area contributed by atoms with Crippen molar-refractivity contribution in [3.8, 4) is 0 Å². The van der Waals surface area contributed by atoms with Crippen LogP contribution in [0.25, 0.3) is 0 Å². The summed E-state index contributed by atoms with van der Waals surface area (Å²) in [6, 6.07) is 0. The van der Waals surface area contributed by atoms with Crippen molar-refractivity contribution >= 4 is 0 Å². The van der Waals surface area contributed by atoms with Gasteiger partial charge in [0.05, 0.1) is 13.2 Å². The summed E-state index contributed by atoms with van der Waals surface area (Å²) in [6.07, 6.45) is 12.3. The molecule has 1 saturated heterocycles. The molecule has 0 aromatic rings. The Hall–Kier alpha value is -0.460. The zero-order valence-corrected chi connectivity index (χ0v) is 15.1. The van der Waals surface area contributed by atoms with E-state index in [0.717, 1.165) is 19.3 Å². The second-order valence-corrected chi connectivity index (χ2v) is 6.62. The summed E-state index contributed by atoms with van der Waals surface area (Å²) in [5, 5.41) is 28.4. The van der Waals surface area contributed by atoms with Crippen molar-refractivity contribution in [2.75, 3.05) is 19.8 Å². The number of aliphatic hydroxyl groups is 3. The molecule has 1 aliphatic rings. The van der Waals surface area contributed by atoms with E-state index in [1.807, 2.05) is 0 Å². The van der Waals surface area contributed by atoms with Crippen LogP contribution in [-0.4, -0.2) is 59.6 Å². The lowest BCUT2D eigenvalue weighted by molar-refractivity contribution is -0.0730. The predicted octanol–water partition coefficient (Wildman–Crippen LogP) is 2.57. The van der Waals surface area contributed by atoms with Crippen LogP contribution < -0.4 is 0 Å². The van der Waals surface area contributed by atoms with Crippen LogP contribution >= 0.6 is 0 Å². The maximum atomic E-state index is 10.00. The third-order valence-electron chi connectivity index (χ3n) is 4.47. The van der Waals surface area contributed by atoms with Crippen molar-refractivity contribution in [3.05, 3.63) is 12.2 Å². The van der Waals surface area contributed by atoms with Gasteiger partial charge < -0.3 is 24.8 Å². The van der Waals surface area contributed by atoms with Crippen LogP contribution in [0, 0.1) is 0 Å². The second-order valence-electron chi connectivity index (χ2n) is 6.62. The Kier molecular flexibility index (Phi) is 12.4. The Morgan fingerprint density at radius 3 is 2.42 bits per heavy atom. The molecule has 0 spiro atoms. The highest BCUT2D eigenvalue weighted by Gasteiger charge is 2.40. The monoisotopic (exact) mass is 344 g/mol. The minimum Gasteiger partial charge on any atom is -0.394 e. The first kappa shape index (κ1) is 21.6. The second kappa shape index (κ2) is 13.8. The molecule has 0 aliphatic carbocycles. The molecule has 3 N–H and O–H groups in total. The van der Waals surface area contributed by atoms with Gasteiger partial charge in [-0.1, -0.05) is 44.8 Å². The van der Waals surface area contributed by atoms with Crippen molar-refractivity contribution in [2.45, 2.75) is 89.1 Å². The summed E-state index contributed by atoms with van der Waals surface area (Å²) < 4.78 is 10.9. The predicted molar refractivity (Wildman–Crippen MR) is 94.9 cm³/mol. The Morgan fingerprint density at radius 1 is 1.08 bits per heavy atom. The van der Waals surface area contributed by atoms with Gasteiger partial charge in [-0.05, 0) is 32.1 Å². The molecule has 0 radical (unpaired) electrons. The van der Waals surface area contributed by atoms with E-state index in [2.05, 4.69) is 19.1 Å². The van der Waals surface area contributed by atoms with E-state index in [9.17, 15) is 10.2 Å². The zero-order chi connectivity index (χ0) is 17.6. The Balaban J connectivity index is 1.94. The van der Waals surface area contributed by atoms with Crippen LogP contribution in [-0.2, 0) is 9.47 Å². The normalized spacial score (nSPS) is 25.6. The number of unbranched alkanes of at least 4 members (excludes halogenated alkanes) is 7. The van der Waals surface area contributed by atoms with Gasteiger partial charge in [-0.2, -0.15) is 0 Å². The molecule has 0 amide bonds. The summed E-state index contributed by atoms with van der Waals surface area (Å²) in [4.78, 5) is 0. The van der Waals surface area contributed by atoms with Crippen LogP contribution in [0.1, 0.15) is 64.7 Å². The van der Waals surface area contributed by atoms with Gasteiger partial charge in [0.2, 0.25) is 0 Å². The van der Waals surface area contributed by atoms with E-state index < -0.39 is 31.0 Å². The molecule has 1 rings (SSSR count). The Labute approximate surface area is 146 Å². The van der Waals surface area contributed by atoms with Gasteiger partial charge in [0, 0.05) is 6.61 Å². The van der Waals surface area contributed by atoms with Crippen molar-refractivity contribution in [1.29, 1.82) is 0 Å². The first-order valence-corrected chi connectivity index (χ1v) is 9.55. The standard InChI is InChI=1S/C19H36O5/c1-2-3-4-5-6-7-8-9-10-11-12-13-23-17-15-24-19(18(17)22)16(21)14-20/h6-7,16-22H,2-5,8-15H2,1H3/b7-6+/t16-,17+,18+,19+/m1/s1. The number of hydrogen-bond acceptors (Lipinski definition) is 5. The summed E-state index contributed by atoms with van der Waals surface area (Å²) in [5.41, 5.74) is 0. The molecule has 0 aromatic carbocycles. The smallest absolute Gasteiger partial charge is 0.114 e. The van der Waals surface area contributed by atoms with E-state index >= 15 is 0 Å². The van der Waals surface area contributed by atoms with E-state index in [-0.39, 0.29) is 6.61 Å². The lowest BCUT2D eigenvalue weighted by atomic mass is 10.1. The van der Waals surface area contributed by atoms with Crippen LogP contribution in [0.4, 0.5) is 0 Å². The third kappa shape index (κ3) is 8.58. The van der Waals surface area contributed by atoms with Gasteiger partial charge in [0.15, 0.2) is 0 Å². The molecule has 0 saturated carbocycles. The fourth-order valence-electron chi connectivity index (χ4n) is 2.90. The molecule has 1 aliphatic heterocycles. The van der Waals surface area contributed by atoms with Crippen LogP contribution in [0.2, 0.25) is 0 Å². The maximum Gasteiger partial charge on any atom is 0.114 e. The molecule has 0 unspecified atom stereocenters. The van der Waals surface area contributed by atoms with E-state index in [1.165, 1.54) is 38.5 Å². The summed E-state index contributed by atoms with van der Waals surface area (Å²) in [6.45, 7) is 2.68. The molecule has 0 bridgehead atoms. The van der Waals surface area contributed by atoms with Crippen molar-refractivity contribution in [1.82, 2.24) is 0 Å². The fourth-order valence-corrected chi connectivity index (χ4v) is 2.90. The number of aliphatic hydroxyl groups excluding tert-OH is 3. The van der Waals surface area contributed by atoms with Gasteiger partial charge in [0.25, 0.3) is 0 Å². The number of hydrogen-bond donors (Lipinski definition) is 3. The first-order valence-electron chi connectivity index (χ1n) is 9.55. The van der Waals surface area contributed by atoms with E-state index in [4.69, 9.17) is 14.6 Å². The minimum absolute atomic E-state index is 0.270. The van der Waals surface area contributed by atoms with Gasteiger partial charge in [-0.3, -0.25) is 0 Å². The van der Waals surface area contributed by atoms with Crippen molar-refractivity contribution in [2.24, 2.45) is 0 Å². The van der Waals surface area contributed by atoms with Gasteiger partial charge >= 0.3 is 0 Å². The highest BCUT2D eigenvalue weighted by molar-refractivity contribution is 4.88. The lowest BCUT2D eigenvalue weighted by Crippen LogP contribution is -2.41. The molecule has 5 nitrogen and oxygen atoms in total. The molecular formula is C19H36O5. The highest BCUT2D eigenvalue weighted by atomic mass is 16.6.